The van der Waals surface area contributed by atoms with Crippen LogP contribution in [0.2, 0.25) is 0 Å². The maximum absolute atomic E-state index is 5.01. The number of benzene rings is 1. The number of hydrogen-bond donors (Lipinski definition) is 1. The second-order valence-corrected chi connectivity index (χ2v) is 5.89. The van der Waals surface area contributed by atoms with Crippen molar-refractivity contribution in [2.45, 2.75) is 31.3 Å². The molecule has 0 aliphatic heterocycles. The Hall–Kier alpha value is -0.670. The molecule has 96 valence electrons. The molecule has 3 heteroatoms. The Morgan fingerprint density at radius 1 is 1.24 bits per heavy atom. The van der Waals surface area contributed by atoms with Gasteiger partial charge in [-0.15, -0.1) is 0 Å². The minimum atomic E-state index is 0.696. The first kappa shape index (κ1) is 14.4. The molecular formula is C14H23NOS. The molecule has 0 atom stereocenters. The summed E-state index contributed by atoms with van der Waals surface area (Å²) in [4.78, 5) is 0. The van der Waals surface area contributed by atoms with Crippen molar-refractivity contribution in [3.8, 4) is 0 Å². The van der Waals surface area contributed by atoms with Crippen molar-refractivity contribution in [3.05, 3.63) is 29.8 Å². The fourth-order valence-electron chi connectivity index (χ4n) is 1.43. The maximum atomic E-state index is 5.01. The van der Waals surface area contributed by atoms with Crippen molar-refractivity contribution in [1.82, 2.24) is 0 Å². The fraction of sp³-hybridized carbons (Fsp3) is 0.571. The monoisotopic (exact) mass is 253 g/mol. The van der Waals surface area contributed by atoms with E-state index in [1.165, 1.54) is 11.3 Å². The zero-order chi connectivity index (χ0) is 12.5. The predicted molar refractivity (Wildman–Crippen MR) is 77.9 cm³/mol. The van der Waals surface area contributed by atoms with Crippen molar-refractivity contribution in [1.29, 1.82) is 0 Å². The Morgan fingerprint density at radius 3 is 2.53 bits per heavy atom. The fourth-order valence-corrected chi connectivity index (χ4v) is 2.15. The number of rotatable bonds is 8. The van der Waals surface area contributed by atoms with Crippen LogP contribution in [-0.2, 0) is 10.5 Å². The van der Waals surface area contributed by atoms with Gasteiger partial charge < -0.3 is 10.1 Å². The predicted octanol–water partition coefficient (Wildman–Crippen LogP) is 3.78. The summed E-state index contributed by atoms with van der Waals surface area (Å²) in [5.41, 5.74) is 2.59. The van der Waals surface area contributed by atoms with Crippen LogP contribution in [0.1, 0.15) is 25.8 Å². The minimum Gasteiger partial charge on any atom is -0.385 e. The minimum absolute atomic E-state index is 0.696. The summed E-state index contributed by atoms with van der Waals surface area (Å²) in [6.45, 7) is 6.25. The molecule has 2 nitrogen and oxygen atoms in total. The van der Waals surface area contributed by atoms with Crippen molar-refractivity contribution >= 4 is 17.4 Å². The smallest absolute Gasteiger partial charge is 0.0479 e. The molecule has 17 heavy (non-hydrogen) atoms. The van der Waals surface area contributed by atoms with Crippen molar-refractivity contribution < 1.29 is 4.74 Å². The van der Waals surface area contributed by atoms with Crippen molar-refractivity contribution in [2.24, 2.45) is 0 Å². The van der Waals surface area contributed by atoms with Gasteiger partial charge in [-0.1, -0.05) is 26.0 Å². The second kappa shape index (κ2) is 8.43. The molecule has 1 N–H and O–H groups in total. The van der Waals surface area contributed by atoms with Gasteiger partial charge in [-0.3, -0.25) is 0 Å². The summed E-state index contributed by atoms with van der Waals surface area (Å²) in [6.07, 6.45) is 1.04. The molecule has 0 bridgehead atoms. The molecule has 0 unspecified atom stereocenters. The van der Waals surface area contributed by atoms with E-state index >= 15 is 0 Å². The van der Waals surface area contributed by atoms with Gasteiger partial charge in [0.05, 0.1) is 0 Å². The number of anilines is 1. The molecule has 0 fully saturated rings. The van der Waals surface area contributed by atoms with E-state index in [0.717, 1.165) is 25.3 Å². The number of hydrogen-bond acceptors (Lipinski definition) is 3. The van der Waals surface area contributed by atoms with Crippen LogP contribution in [0.25, 0.3) is 0 Å². The number of methoxy groups -OCH3 is 1. The van der Waals surface area contributed by atoms with E-state index in [0.29, 0.717) is 5.25 Å². The average Bonchev–Trinajstić information content (AvgIpc) is 2.33. The van der Waals surface area contributed by atoms with E-state index in [9.17, 15) is 0 Å². The molecule has 0 saturated heterocycles. The van der Waals surface area contributed by atoms with E-state index in [-0.39, 0.29) is 0 Å². The van der Waals surface area contributed by atoms with Crippen LogP contribution in [0, 0.1) is 0 Å². The van der Waals surface area contributed by atoms with E-state index in [2.05, 4.69) is 43.4 Å². The average molecular weight is 253 g/mol. The Kier molecular flexibility index (Phi) is 7.13. The van der Waals surface area contributed by atoms with Gasteiger partial charge in [-0.2, -0.15) is 11.8 Å². The topological polar surface area (TPSA) is 21.3 Å². The molecule has 0 aromatic heterocycles. The van der Waals surface area contributed by atoms with Gasteiger partial charge in [-0.05, 0) is 29.4 Å². The van der Waals surface area contributed by atoms with Gasteiger partial charge in [0.1, 0.15) is 0 Å². The first-order valence-corrected chi connectivity index (χ1v) is 7.20. The van der Waals surface area contributed by atoms with E-state index < -0.39 is 0 Å². The van der Waals surface area contributed by atoms with Crippen LogP contribution in [0.15, 0.2) is 24.3 Å². The Morgan fingerprint density at radius 2 is 1.94 bits per heavy atom. The summed E-state index contributed by atoms with van der Waals surface area (Å²) < 4.78 is 5.01. The molecule has 0 heterocycles. The van der Waals surface area contributed by atoms with Crippen molar-refractivity contribution in [2.75, 3.05) is 25.6 Å². The normalized spacial score (nSPS) is 10.8. The molecule has 0 aliphatic rings. The third-order valence-electron chi connectivity index (χ3n) is 2.39. The molecule has 0 aliphatic carbocycles. The van der Waals surface area contributed by atoms with Gasteiger partial charge in [0.2, 0.25) is 0 Å². The standard InChI is InChI=1S/C14H23NOS/c1-12(2)17-11-13-5-7-14(8-6-13)15-9-4-10-16-3/h5-8,12,15H,4,9-11H2,1-3H3. The Bertz CT molecular complexity index is 298. The zero-order valence-corrected chi connectivity index (χ0v) is 11.8. The third kappa shape index (κ3) is 6.59. The Labute approximate surface area is 109 Å². The van der Waals surface area contributed by atoms with Crippen LogP contribution in [0.4, 0.5) is 5.69 Å². The molecule has 0 amide bonds. The van der Waals surface area contributed by atoms with E-state index in [1.54, 1.807) is 7.11 Å². The van der Waals surface area contributed by atoms with Crippen molar-refractivity contribution in [3.63, 3.8) is 0 Å². The lowest BCUT2D eigenvalue weighted by atomic mass is 10.2. The third-order valence-corrected chi connectivity index (χ3v) is 3.56. The van der Waals surface area contributed by atoms with E-state index in [1.807, 2.05) is 11.8 Å². The van der Waals surface area contributed by atoms with Gasteiger partial charge in [-0.25, -0.2) is 0 Å². The highest BCUT2D eigenvalue weighted by atomic mass is 32.2. The van der Waals surface area contributed by atoms with Crippen LogP contribution in [0.5, 0.6) is 0 Å². The molecule has 1 aromatic rings. The number of nitrogens with one attached hydrogen (secondary N) is 1. The summed E-state index contributed by atoms with van der Waals surface area (Å²) in [7, 11) is 1.74. The quantitative estimate of drug-likeness (QED) is 0.712. The van der Waals surface area contributed by atoms with Crippen LogP contribution in [-0.4, -0.2) is 25.5 Å². The SMILES string of the molecule is COCCCNc1ccc(CSC(C)C)cc1. The summed E-state index contributed by atoms with van der Waals surface area (Å²) in [6, 6.07) is 8.72. The number of ether oxygens (including phenoxy) is 1. The van der Waals surface area contributed by atoms with Crippen LogP contribution >= 0.6 is 11.8 Å². The highest BCUT2D eigenvalue weighted by molar-refractivity contribution is 7.99. The van der Waals surface area contributed by atoms with Gasteiger partial charge in [0.25, 0.3) is 0 Å². The van der Waals surface area contributed by atoms with Crippen LogP contribution < -0.4 is 5.32 Å². The molecular weight excluding hydrogens is 230 g/mol. The lowest BCUT2D eigenvalue weighted by Gasteiger charge is -2.08. The zero-order valence-electron chi connectivity index (χ0n) is 11.0. The number of thioether (sulfide) groups is 1. The summed E-state index contributed by atoms with van der Waals surface area (Å²) >= 11 is 1.98. The van der Waals surface area contributed by atoms with E-state index in [4.69, 9.17) is 4.74 Å². The second-order valence-electron chi connectivity index (χ2n) is 4.33. The highest BCUT2D eigenvalue weighted by Crippen LogP contribution is 2.18. The lowest BCUT2D eigenvalue weighted by molar-refractivity contribution is 0.198. The maximum Gasteiger partial charge on any atom is 0.0479 e. The van der Waals surface area contributed by atoms with Gasteiger partial charge in [0, 0.05) is 31.7 Å². The summed E-state index contributed by atoms with van der Waals surface area (Å²) in [5.74, 6) is 1.10. The van der Waals surface area contributed by atoms with Crippen LogP contribution in [0.3, 0.4) is 0 Å². The molecule has 1 aromatic carbocycles. The summed E-state index contributed by atoms with van der Waals surface area (Å²) in [5, 5.41) is 4.08. The first-order valence-electron chi connectivity index (χ1n) is 6.15. The lowest BCUT2D eigenvalue weighted by Crippen LogP contribution is -2.04. The molecule has 0 spiro atoms. The Balaban J connectivity index is 2.29. The van der Waals surface area contributed by atoms with Gasteiger partial charge in [0.15, 0.2) is 0 Å². The molecule has 0 radical (unpaired) electrons. The molecule has 1 rings (SSSR count). The molecule has 0 saturated carbocycles. The van der Waals surface area contributed by atoms with Gasteiger partial charge >= 0.3 is 0 Å². The first-order chi connectivity index (χ1) is 8.22. The highest BCUT2D eigenvalue weighted by Gasteiger charge is 1.97. The largest absolute Gasteiger partial charge is 0.385 e.